The van der Waals surface area contributed by atoms with Crippen LogP contribution in [0, 0.1) is 0 Å². The summed E-state index contributed by atoms with van der Waals surface area (Å²) in [5.41, 5.74) is 0. The second-order valence-electron chi connectivity index (χ2n) is 4.40. The molecule has 1 amide bonds. The zero-order chi connectivity index (χ0) is 12.3. The molecule has 0 unspecified atom stereocenters. The second kappa shape index (κ2) is 5.12. The van der Waals surface area contributed by atoms with E-state index < -0.39 is 11.9 Å². The minimum Gasteiger partial charge on any atom is -0.344 e. The number of hydroxylamine groups is 2. The van der Waals surface area contributed by atoms with Gasteiger partial charge in [0.05, 0.1) is 13.2 Å². The summed E-state index contributed by atoms with van der Waals surface area (Å²) in [6.45, 7) is 5.68. The molecular formula is C11H21NO4. The lowest BCUT2D eigenvalue weighted by molar-refractivity contribution is -0.187. The first-order valence-corrected chi connectivity index (χ1v) is 5.58. The number of amides is 1. The predicted molar refractivity (Wildman–Crippen MR) is 58.5 cm³/mol. The van der Waals surface area contributed by atoms with E-state index in [4.69, 9.17) is 14.3 Å². The van der Waals surface area contributed by atoms with Gasteiger partial charge in [0.1, 0.15) is 0 Å². The molecule has 0 bridgehead atoms. The third kappa shape index (κ3) is 2.93. The summed E-state index contributed by atoms with van der Waals surface area (Å²) in [5.74, 6) is -0.902. The number of hydrogen-bond acceptors (Lipinski definition) is 4. The number of likely N-dealkylation sites (N-methyl/N-ethyl adjacent to an activating group) is 1. The van der Waals surface area contributed by atoms with Gasteiger partial charge in [-0.2, -0.15) is 0 Å². The lowest BCUT2D eigenvalue weighted by atomic mass is 10.1. The Hall–Kier alpha value is -0.650. The highest BCUT2D eigenvalue weighted by Gasteiger charge is 2.45. The minimum atomic E-state index is -0.700. The highest BCUT2D eigenvalue weighted by Crippen LogP contribution is 2.31. The van der Waals surface area contributed by atoms with Gasteiger partial charge in [0.25, 0.3) is 5.91 Å². The highest BCUT2D eigenvalue weighted by molar-refractivity contribution is 5.80. The summed E-state index contributed by atoms with van der Waals surface area (Å²) < 4.78 is 11.3. The fourth-order valence-corrected chi connectivity index (χ4v) is 1.81. The van der Waals surface area contributed by atoms with Crippen LogP contribution in [-0.4, -0.2) is 43.1 Å². The smallest absolute Gasteiger partial charge is 0.277 e. The molecular weight excluding hydrogens is 210 g/mol. The van der Waals surface area contributed by atoms with E-state index in [1.54, 1.807) is 7.05 Å². The molecule has 2 atom stereocenters. The summed E-state index contributed by atoms with van der Waals surface area (Å²) >= 11 is 0. The summed E-state index contributed by atoms with van der Waals surface area (Å²) in [6, 6.07) is 0. The van der Waals surface area contributed by atoms with E-state index in [0.29, 0.717) is 0 Å². The quantitative estimate of drug-likeness (QED) is 0.685. The standard InChI is InChI=1S/C11H21NO4/c1-6-7-8-9(10(13)12(4)14-5)16-11(2,3)15-8/h8-9H,6-7H2,1-5H3/t8-,9+/m1/s1. The topological polar surface area (TPSA) is 48.0 Å². The van der Waals surface area contributed by atoms with Crippen molar-refractivity contribution in [2.45, 2.75) is 51.6 Å². The van der Waals surface area contributed by atoms with Crippen LogP contribution in [0.2, 0.25) is 0 Å². The summed E-state index contributed by atoms with van der Waals surface area (Å²) in [5, 5.41) is 1.18. The van der Waals surface area contributed by atoms with Crippen LogP contribution < -0.4 is 0 Å². The number of carbonyl (C=O) groups excluding carboxylic acids is 1. The van der Waals surface area contributed by atoms with Crippen LogP contribution in [0.5, 0.6) is 0 Å². The Kier molecular flexibility index (Phi) is 4.29. The number of nitrogens with zero attached hydrogens (tertiary/aromatic N) is 1. The maximum absolute atomic E-state index is 11.9. The first-order valence-electron chi connectivity index (χ1n) is 5.58. The molecule has 0 radical (unpaired) electrons. The molecule has 1 fully saturated rings. The van der Waals surface area contributed by atoms with Crippen molar-refractivity contribution < 1.29 is 19.1 Å². The summed E-state index contributed by atoms with van der Waals surface area (Å²) in [7, 11) is 3.02. The molecule has 0 saturated carbocycles. The van der Waals surface area contributed by atoms with Crippen molar-refractivity contribution in [2.75, 3.05) is 14.2 Å². The molecule has 0 aromatic carbocycles. The fraction of sp³-hybridized carbons (Fsp3) is 0.909. The molecule has 94 valence electrons. The van der Waals surface area contributed by atoms with Gasteiger partial charge >= 0.3 is 0 Å². The average Bonchev–Trinajstić information content (AvgIpc) is 2.52. The number of ether oxygens (including phenoxy) is 2. The van der Waals surface area contributed by atoms with Crippen LogP contribution >= 0.6 is 0 Å². The first-order chi connectivity index (χ1) is 7.41. The molecule has 0 N–H and O–H groups in total. The molecule has 0 spiro atoms. The second-order valence-corrected chi connectivity index (χ2v) is 4.40. The third-order valence-corrected chi connectivity index (χ3v) is 2.58. The molecule has 1 rings (SSSR count). The number of hydrogen-bond donors (Lipinski definition) is 0. The first kappa shape index (κ1) is 13.4. The molecule has 0 aromatic heterocycles. The lowest BCUT2D eigenvalue weighted by Crippen LogP contribution is -2.41. The van der Waals surface area contributed by atoms with E-state index >= 15 is 0 Å². The number of rotatable bonds is 4. The largest absolute Gasteiger partial charge is 0.344 e. The van der Waals surface area contributed by atoms with Crippen molar-refractivity contribution in [3.8, 4) is 0 Å². The summed E-state index contributed by atoms with van der Waals surface area (Å²) in [6.07, 6.45) is 0.993. The van der Waals surface area contributed by atoms with Gasteiger partial charge in [-0.1, -0.05) is 13.3 Å². The van der Waals surface area contributed by atoms with Crippen LogP contribution in [0.4, 0.5) is 0 Å². The van der Waals surface area contributed by atoms with Gasteiger partial charge in [0, 0.05) is 7.05 Å². The Morgan fingerprint density at radius 2 is 2.06 bits per heavy atom. The normalized spacial score (nSPS) is 28.1. The Bertz CT molecular complexity index is 254. The van der Waals surface area contributed by atoms with Crippen LogP contribution in [-0.2, 0) is 19.1 Å². The molecule has 0 aliphatic carbocycles. The van der Waals surface area contributed by atoms with Gasteiger partial charge in [0.2, 0.25) is 0 Å². The van der Waals surface area contributed by atoms with Crippen LogP contribution in [0.1, 0.15) is 33.6 Å². The zero-order valence-electron chi connectivity index (χ0n) is 10.6. The Labute approximate surface area is 96.6 Å². The SMILES string of the molecule is CCC[C@H]1OC(C)(C)O[C@@H]1C(=O)N(C)OC. The molecule has 1 heterocycles. The van der Waals surface area contributed by atoms with Crippen molar-refractivity contribution in [3.63, 3.8) is 0 Å². The zero-order valence-corrected chi connectivity index (χ0v) is 10.6. The molecule has 1 aliphatic heterocycles. The van der Waals surface area contributed by atoms with E-state index in [2.05, 4.69) is 6.92 Å². The van der Waals surface area contributed by atoms with E-state index in [9.17, 15) is 4.79 Å². The maximum atomic E-state index is 11.9. The van der Waals surface area contributed by atoms with E-state index in [1.165, 1.54) is 12.2 Å². The van der Waals surface area contributed by atoms with E-state index in [1.807, 2.05) is 13.8 Å². The average molecular weight is 231 g/mol. The van der Waals surface area contributed by atoms with Gasteiger partial charge in [0.15, 0.2) is 11.9 Å². The Balaban J connectivity index is 2.73. The van der Waals surface area contributed by atoms with Gasteiger partial charge in [-0.05, 0) is 20.3 Å². The molecule has 5 nitrogen and oxygen atoms in total. The molecule has 5 heteroatoms. The molecule has 1 aliphatic rings. The van der Waals surface area contributed by atoms with Gasteiger partial charge in [-0.3, -0.25) is 9.63 Å². The summed E-state index contributed by atoms with van der Waals surface area (Å²) in [4.78, 5) is 16.8. The highest BCUT2D eigenvalue weighted by atomic mass is 16.8. The minimum absolute atomic E-state index is 0.190. The Morgan fingerprint density at radius 3 is 2.56 bits per heavy atom. The van der Waals surface area contributed by atoms with Gasteiger partial charge < -0.3 is 9.47 Å². The monoisotopic (exact) mass is 231 g/mol. The van der Waals surface area contributed by atoms with E-state index in [0.717, 1.165) is 12.8 Å². The predicted octanol–water partition coefficient (Wildman–Crippen LogP) is 1.33. The van der Waals surface area contributed by atoms with Crippen molar-refractivity contribution in [2.24, 2.45) is 0 Å². The van der Waals surface area contributed by atoms with Crippen LogP contribution in [0.3, 0.4) is 0 Å². The van der Waals surface area contributed by atoms with Crippen LogP contribution in [0.15, 0.2) is 0 Å². The lowest BCUT2D eigenvalue weighted by Gasteiger charge is -2.21. The molecule has 1 saturated heterocycles. The van der Waals surface area contributed by atoms with Crippen molar-refractivity contribution >= 4 is 5.91 Å². The Morgan fingerprint density at radius 1 is 1.44 bits per heavy atom. The van der Waals surface area contributed by atoms with E-state index in [-0.39, 0.29) is 12.0 Å². The molecule has 16 heavy (non-hydrogen) atoms. The third-order valence-electron chi connectivity index (χ3n) is 2.58. The van der Waals surface area contributed by atoms with Crippen molar-refractivity contribution in [1.29, 1.82) is 0 Å². The van der Waals surface area contributed by atoms with Crippen LogP contribution in [0.25, 0.3) is 0 Å². The molecule has 0 aromatic rings. The van der Waals surface area contributed by atoms with Crippen molar-refractivity contribution in [3.05, 3.63) is 0 Å². The fourth-order valence-electron chi connectivity index (χ4n) is 1.81. The van der Waals surface area contributed by atoms with Gasteiger partial charge in [-0.25, -0.2) is 5.06 Å². The van der Waals surface area contributed by atoms with Crippen molar-refractivity contribution in [1.82, 2.24) is 5.06 Å². The maximum Gasteiger partial charge on any atom is 0.277 e. The number of carbonyl (C=O) groups is 1. The van der Waals surface area contributed by atoms with Gasteiger partial charge in [-0.15, -0.1) is 0 Å².